The minimum absolute atomic E-state index is 0.168. The largest absolute Gasteiger partial charge is 0.476 e. The molecule has 77 heavy (non-hydrogen) atoms. The maximum absolute atomic E-state index is 17.3. The first kappa shape index (κ1) is 74.7. The summed E-state index contributed by atoms with van der Waals surface area (Å²) in [5.41, 5.74) is -3.05. The fraction of sp³-hybridized carbons (Fsp3) is 0.864. The standard InChI is InChI=1S/C66H123O10P/c1-13-19-25-31-37-43-49-64(55-71-61(67)58(7)8,50-44-38-32-26-20-14-2)74-77(70,75-65(56-72-62(68)59(9)10,51-45-39-33-27-21-15-3)52-46-40-34-28-22-16-4)76-66(57-73-63(69)60(11)12,53-47-41-35-29-23-17-5)54-48-42-36-30-24-18-6/h7,9,11,13-57H2,1-6,8,10,12H3. The van der Waals surface area contributed by atoms with Gasteiger partial charge in [0.25, 0.3) is 0 Å². The van der Waals surface area contributed by atoms with Crippen molar-refractivity contribution in [1.29, 1.82) is 0 Å². The Bertz CT molecular complexity index is 1360. The molecule has 0 rings (SSSR count). The molecule has 10 nitrogen and oxygen atoms in total. The zero-order valence-electron chi connectivity index (χ0n) is 52.0. The van der Waals surface area contributed by atoms with E-state index in [9.17, 15) is 14.4 Å². The maximum atomic E-state index is 17.3. The second-order valence-electron chi connectivity index (χ2n) is 23.4. The monoisotopic (exact) mass is 1110 g/mol. The molecule has 0 bridgehead atoms. The number of carbonyl (C=O) groups is 3. The molecule has 0 fully saturated rings. The molecule has 0 aromatic rings. The van der Waals surface area contributed by atoms with E-state index in [1.54, 1.807) is 20.8 Å². The third-order valence-corrected chi connectivity index (χ3v) is 17.1. The van der Waals surface area contributed by atoms with Gasteiger partial charge in [-0.05, 0) is 59.3 Å². The van der Waals surface area contributed by atoms with Crippen LogP contribution in [0.1, 0.15) is 332 Å². The molecule has 0 amide bonds. The highest BCUT2D eigenvalue weighted by Gasteiger charge is 2.52. The Morgan fingerprint density at radius 1 is 0.299 bits per heavy atom. The lowest BCUT2D eigenvalue weighted by Crippen LogP contribution is -2.45. The van der Waals surface area contributed by atoms with E-state index in [0.29, 0.717) is 38.5 Å². The van der Waals surface area contributed by atoms with Gasteiger partial charge in [0.15, 0.2) is 0 Å². The summed E-state index contributed by atoms with van der Waals surface area (Å²) >= 11 is 0. The fourth-order valence-corrected chi connectivity index (χ4v) is 12.5. The van der Waals surface area contributed by atoms with E-state index < -0.39 is 42.5 Å². The first-order valence-corrected chi connectivity index (χ1v) is 33.6. The molecule has 0 unspecified atom stereocenters. The summed E-state index contributed by atoms with van der Waals surface area (Å²) in [5.74, 6) is -1.63. The summed E-state index contributed by atoms with van der Waals surface area (Å²) < 4.78 is 58.2. The van der Waals surface area contributed by atoms with Crippen LogP contribution in [0.2, 0.25) is 0 Å². The van der Waals surface area contributed by atoms with Crippen molar-refractivity contribution in [3.63, 3.8) is 0 Å². The number of rotatable bonds is 57. The van der Waals surface area contributed by atoms with E-state index in [-0.39, 0.29) is 36.5 Å². The van der Waals surface area contributed by atoms with Gasteiger partial charge >= 0.3 is 25.7 Å². The summed E-state index contributed by atoms with van der Waals surface area (Å²) in [5, 5.41) is 0. The second kappa shape index (κ2) is 47.4. The molecule has 0 saturated heterocycles. The third-order valence-electron chi connectivity index (χ3n) is 15.3. The van der Waals surface area contributed by atoms with E-state index in [4.69, 9.17) is 27.8 Å². The predicted octanol–water partition coefficient (Wildman–Crippen LogP) is 21.2. The Kier molecular flexibility index (Phi) is 46.0. The number of ether oxygens (including phenoxy) is 3. The van der Waals surface area contributed by atoms with Gasteiger partial charge in [-0.2, -0.15) is 0 Å². The quantitative estimate of drug-likeness (QED) is 0.0191. The normalized spacial score (nSPS) is 12.2. The number of phosphoric ester groups is 1. The van der Waals surface area contributed by atoms with Crippen LogP contribution < -0.4 is 0 Å². The van der Waals surface area contributed by atoms with Crippen molar-refractivity contribution in [2.24, 2.45) is 0 Å². The van der Waals surface area contributed by atoms with Gasteiger partial charge in [0.1, 0.15) is 36.6 Å². The fourth-order valence-electron chi connectivity index (χ4n) is 10.3. The Morgan fingerprint density at radius 2 is 0.455 bits per heavy atom. The first-order valence-electron chi connectivity index (χ1n) is 32.2. The van der Waals surface area contributed by atoms with Gasteiger partial charge in [0.2, 0.25) is 0 Å². The molecule has 0 radical (unpaired) electrons. The van der Waals surface area contributed by atoms with E-state index in [1.165, 1.54) is 0 Å². The van der Waals surface area contributed by atoms with Crippen molar-refractivity contribution in [3.05, 3.63) is 36.5 Å². The molecule has 0 N–H and O–H groups in total. The summed E-state index contributed by atoms with van der Waals surface area (Å²) in [7, 11) is -4.87. The third kappa shape index (κ3) is 38.1. The van der Waals surface area contributed by atoms with Gasteiger partial charge in [-0.25, -0.2) is 18.9 Å². The zero-order chi connectivity index (χ0) is 57.5. The van der Waals surface area contributed by atoms with E-state index in [2.05, 4.69) is 61.3 Å². The lowest BCUT2D eigenvalue weighted by atomic mass is 9.90. The Balaban J connectivity index is 8.66. The Morgan fingerprint density at radius 3 is 0.610 bits per heavy atom. The Labute approximate surface area is 475 Å². The molecule has 0 spiro atoms. The number of phosphoric acid groups is 1. The summed E-state index contributed by atoms with van der Waals surface area (Å²) in [6, 6.07) is 0. The van der Waals surface area contributed by atoms with E-state index >= 15 is 4.57 Å². The van der Waals surface area contributed by atoms with Crippen molar-refractivity contribution in [3.8, 4) is 0 Å². The number of hydrogen-bond donors (Lipinski definition) is 0. The number of esters is 3. The van der Waals surface area contributed by atoms with Gasteiger partial charge in [-0.1, -0.05) is 292 Å². The molecule has 0 aliphatic heterocycles. The van der Waals surface area contributed by atoms with Gasteiger partial charge in [0.05, 0.1) is 0 Å². The summed E-state index contributed by atoms with van der Waals surface area (Å²) in [6.07, 6.45) is 39.3. The number of carbonyl (C=O) groups excluding carboxylic acids is 3. The van der Waals surface area contributed by atoms with Crippen LogP contribution in [0.25, 0.3) is 0 Å². The Hall–Kier alpha value is -2.26. The van der Waals surface area contributed by atoms with E-state index in [1.807, 2.05) is 0 Å². The van der Waals surface area contributed by atoms with Gasteiger partial charge < -0.3 is 14.2 Å². The highest BCUT2D eigenvalue weighted by molar-refractivity contribution is 7.48. The molecule has 0 saturated carbocycles. The SMILES string of the molecule is C=C(C)C(=O)OCC(CCCCCCCC)(CCCCCCCC)OP(=O)(OC(CCCCCCCC)(CCCCCCCC)COC(=O)C(=C)C)OC(CCCCCCCC)(CCCCCCCC)COC(=O)C(=C)C. The molecule has 0 heterocycles. The van der Waals surface area contributed by atoms with Crippen LogP contribution in [0, 0.1) is 0 Å². The first-order chi connectivity index (χ1) is 37.0. The van der Waals surface area contributed by atoms with Crippen LogP contribution in [0.5, 0.6) is 0 Å². The van der Waals surface area contributed by atoms with Crippen molar-refractivity contribution >= 4 is 25.7 Å². The topological polar surface area (TPSA) is 124 Å². The zero-order valence-corrected chi connectivity index (χ0v) is 52.9. The van der Waals surface area contributed by atoms with Gasteiger partial charge in [-0.3, -0.25) is 13.6 Å². The van der Waals surface area contributed by atoms with Crippen LogP contribution in [0.4, 0.5) is 0 Å². The van der Waals surface area contributed by atoms with Crippen LogP contribution in [0.3, 0.4) is 0 Å². The minimum Gasteiger partial charge on any atom is -0.459 e. The molecule has 0 aliphatic carbocycles. The second-order valence-corrected chi connectivity index (χ2v) is 24.9. The molecule has 452 valence electrons. The molecule has 11 heteroatoms. The average Bonchev–Trinajstić information content (AvgIpc) is 3.40. The van der Waals surface area contributed by atoms with Gasteiger partial charge in [0, 0.05) is 16.7 Å². The lowest BCUT2D eigenvalue weighted by molar-refractivity contribution is -0.159. The summed E-state index contributed by atoms with van der Waals surface area (Å²) in [4.78, 5) is 40.6. The van der Waals surface area contributed by atoms with Crippen LogP contribution in [0.15, 0.2) is 36.5 Å². The van der Waals surface area contributed by atoms with Crippen molar-refractivity contribution in [2.75, 3.05) is 19.8 Å². The van der Waals surface area contributed by atoms with Crippen LogP contribution in [-0.4, -0.2) is 54.5 Å². The predicted molar refractivity (Wildman–Crippen MR) is 324 cm³/mol. The van der Waals surface area contributed by atoms with E-state index in [0.717, 1.165) is 231 Å². The molecule has 0 aromatic carbocycles. The smallest absolute Gasteiger partial charge is 0.459 e. The molecule has 0 atom stereocenters. The molecule has 0 aliphatic rings. The maximum Gasteiger partial charge on any atom is 0.476 e. The van der Waals surface area contributed by atoms with Crippen molar-refractivity contribution in [1.82, 2.24) is 0 Å². The molecular weight excluding hydrogens is 984 g/mol. The molecular formula is C66H123O10P. The van der Waals surface area contributed by atoms with Gasteiger partial charge in [-0.15, -0.1) is 0 Å². The number of hydrogen-bond acceptors (Lipinski definition) is 10. The summed E-state index contributed by atoms with van der Waals surface area (Å²) in [6.45, 7) is 29.4. The molecule has 0 aromatic heterocycles. The highest BCUT2D eigenvalue weighted by atomic mass is 31.2. The average molecular weight is 1110 g/mol. The van der Waals surface area contributed by atoms with Crippen LogP contribution >= 0.6 is 7.82 Å². The van der Waals surface area contributed by atoms with Crippen LogP contribution in [-0.2, 0) is 46.7 Å². The number of unbranched alkanes of at least 4 members (excludes halogenated alkanes) is 30. The van der Waals surface area contributed by atoms with Crippen molar-refractivity contribution < 1.29 is 46.7 Å². The minimum atomic E-state index is -4.87. The lowest BCUT2D eigenvalue weighted by Gasteiger charge is -2.44. The van der Waals surface area contributed by atoms with Crippen molar-refractivity contribution in [2.45, 2.75) is 349 Å². The highest BCUT2D eigenvalue weighted by Crippen LogP contribution is 2.62.